The van der Waals surface area contributed by atoms with Gasteiger partial charge in [0.1, 0.15) is 10.8 Å². The second-order valence-corrected chi connectivity index (χ2v) is 4.51. The summed E-state index contributed by atoms with van der Waals surface area (Å²) >= 11 is 9.19. The highest BCUT2D eigenvalue weighted by molar-refractivity contribution is 9.10. The zero-order chi connectivity index (χ0) is 10.4. The highest BCUT2D eigenvalue weighted by atomic mass is 79.9. The second-order valence-electron chi connectivity index (χ2n) is 3.20. The van der Waals surface area contributed by atoms with Crippen LogP contribution in [0, 0.1) is 0 Å². The summed E-state index contributed by atoms with van der Waals surface area (Å²) in [6, 6.07) is 5.66. The second kappa shape index (κ2) is 3.18. The van der Waals surface area contributed by atoms with Crippen LogP contribution >= 0.6 is 27.5 Å². The summed E-state index contributed by atoms with van der Waals surface area (Å²) in [4.78, 5) is 11.7. The molecule has 0 fully saturated rings. The molecule has 0 radical (unpaired) electrons. The quantitative estimate of drug-likeness (QED) is 0.641. The standard InChI is InChI=1S/C10H5BrClN3/c11-5-3-7-9(13-4-5)6-1-2-8(12)15-10(6)14-7/h1-4H,(H,14,15). The summed E-state index contributed by atoms with van der Waals surface area (Å²) in [7, 11) is 0. The highest BCUT2D eigenvalue weighted by Gasteiger charge is 2.06. The minimum atomic E-state index is 0.480. The predicted octanol–water partition coefficient (Wildman–Crippen LogP) is 3.53. The molecule has 0 unspecified atom stereocenters. The topological polar surface area (TPSA) is 41.6 Å². The number of pyridine rings is 2. The van der Waals surface area contributed by atoms with Gasteiger partial charge in [0, 0.05) is 16.1 Å². The molecule has 5 heteroatoms. The molecule has 3 nitrogen and oxygen atoms in total. The van der Waals surface area contributed by atoms with Gasteiger partial charge in [0.05, 0.1) is 11.0 Å². The van der Waals surface area contributed by atoms with Gasteiger partial charge < -0.3 is 4.98 Å². The van der Waals surface area contributed by atoms with Crippen LogP contribution in [0.25, 0.3) is 22.1 Å². The fourth-order valence-corrected chi connectivity index (χ4v) is 2.08. The molecule has 0 saturated heterocycles. The third-order valence-corrected chi connectivity index (χ3v) is 2.87. The van der Waals surface area contributed by atoms with Gasteiger partial charge in [-0.05, 0) is 34.1 Å². The minimum absolute atomic E-state index is 0.480. The van der Waals surface area contributed by atoms with E-state index in [2.05, 4.69) is 30.9 Å². The van der Waals surface area contributed by atoms with Crippen molar-refractivity contribution in [3.05, 3.63) is 34.0 Å². The normalized spacial score (nSPS) is 11.3. The van der Waals surface area contributed by atoms with Crippen molar-refractivity contribution in [3.63, 3.8) is 0 Å². The maximum absolute atomic E-state index is 5.82. The Morgan fingerprint density at radius 1 is 1.33 bits per heavy atom. The molecule has 3 heterocycles. The average Bonchev–Trinajstić information content (AvgIpc) is 2.53. The summed E-state index contributed by atoms with van der Waals surface area (Å²) in [5, 5.41) is 1.47. The molecule has 0 atom stereocenters. The summed E-state index contributed by atoms with van der Waals surface area (Å²) in [6.07, 6.45) is 1.77. The van der Waals surface area contributed by atoms with E-state index < -0.39 is 0 Å². The Labute approximate surface area is 98.6 Å². The fourth-order valence-electron chi connectivity index (χ4n) is 1.60. The van der Waals surface area contributed by atoms with Crippen LogP contribution in [0.15, 0.2) is 28.9 Å². The molecule has 0 aliphatic carbocycles. The predicted molar refractivity (Wildman–Crippen MR) is 64.1 cm³/mol. The molecule has 0 amide bonds. The largest absolute Gasteiger partial charge is 0.338 e. The lowest BCUT2D eigenvalue weighted by Crippen LogP contribution is -1.76. The van der Waals surface area contributed by atoms with Crippen molar-refractivity contribution in [2.24, 2.45) is 0 Å². The molecule has 0 bridgehead atoms. The number of rotatable bonds is 0. The van der Waals surface area contributed by atoms with Crippen molar-refractivity contribution < 1.29 is 0 Å². The van der Waals surface area contributed by atoms with Crippen LogP contribution in [0.3, 0.4) is 0 Å². The number of halogens is 2. The van der Waals surface area contributed by atoms with E-state index in [9.17, 15) is 0 Å². The van der Waals surface area contributed by atoms with E-state index in [1.807, 2.05) is 12.1 Å². The zero-order valence-electron chi connectivity index (χ0n) is 7.46. The Kier molecular flexibility index (Phi) is 1.94. The van der Waals surface area contributed by atoms with Crippen molar-refractivity contribution in [1.29, 1.82) is 0 Å². The van der Waals surface area contributed by atoms with Crippen LogP contribution in [-0.2, 0) is 0 Å². The lowest BCUT2D eigenvalue weighted by Gasteiger charge is -1.90. The molecular weight excluding hydrogens is 277 g/mol. The molecule has 1 N–H and O–H groups in total. The van der Waals surface area contributed by atoms with Crippen molar-refractivity contribution in [3.8, 4) is 0 Å². The van der Waals surface area contributed by atoms with Crippen LogP contribution in [0.2, 0.25) is 5.15 Å². The lowest BCUT2D eigenvalue weighted by atomic mass is 10.3. The van der Waals surface area contributed by atoms with Crippen LogP contribution in [0.1, 0.15) is 0 Å². The molecule has 0 aromatic carbocycles. The highest BCUT2D eigenvalue weighted by Crippen LogP contribution is 2.25. The molecule has 0 spiro atoms. The minimum Gasteiger partial charge on any atom is -0.338 e. The Bertz CT molecular complexity index is 606. The molecule has 0 saturated carbocycles. The third-order valence-electron chi connectivity index (χ3n) is 2.22. The maximum atomic E-state index is 5.82. The van der Waals surface area contributed by atoms with Gasteiger partial charge in [-0.25, -0.2) is 4.98 Å². The average molecular weight is 283 g/mol. The van der Waals surface area contributed by atoms with Gasteiger partial charge in [0.25, 0.3) is 0 Å². The van der Waals surface area contributed by atoms with Crippen molar-refractivity contribution in [2.75, 3.05) is 0 Å². The third kappa shape index (κ3) is 1.41. The Morgan fingerprint density at radius 3 is 3.07 bits per heavy atom. The molecule has 3 aromatic rings. The smallest absolute Gasteiger partial charge is 0.141 e. The molecule has 0 aliphatic heterocycles. The van der Waals surface area contributed by atoms with Gasteiger partial charge in [-0.2, -0.15) is 0 Å². The Hall–Kier alpha value is -1.13. The number of H-pyrrole nitrogens is 1. The van der Waals surface area contributed by atoms with Crippen LogP contribution < -0.4 is 0 Å². The number of aromatic amines is 1. The van der Waals surface area contributed by atoms with E-state index in [0.717, 1.165) is 26.5 Å². The molecule has 3 aromatic heterocycles. The van der Waals surface area contributed by atoms with Gasteiger partial charge in [0.15, 0.2) is 0 Å². The van der Waals surface area contributed by atoms with Crippen molar-refractivity contribution in [2.45, 2.75) is 0 Å². The van der Waals surface area contributed by atoms with Gasteiger partial charge in [-0.1, -0.05) is 11.6 Å². The van der Waals surface area contributed by atoms with E-state index >= 15 is 0 Å². The maximum Gasteiger partial charge on any atom is 0.141 e. The van der Waals surface area contributed by atoms with Crippen molar-refractivity contribution in [1.82, 2.24) is 15.0 Å². The first-order valence-electron chi connectivity index (χ1n) is 4.33. The fraction of sp³-hybridized carbons (Fsp3) is 0. The first-order valence-corrected chi connectivity index (χ1v) is 5.50. The van der Waals surface area contributed by atoms with Crippen LogP contribution in [-0.4, -0.2) is 15.0 Å². The summed E-state index contributed by atoms with van der Waals surface area (Å²) in [6.45, 7) is 0. The number of hydrogen-bond donors (Lipinski definition) is 1. The van der Waals surface area contributed by atoms with Gasteiger partial charge in [0.2, 0.25) is 0 Å². The van der Waals surface area contributed by atoms with Crippen molar-refractivity contribution >= 4 is 49.6 Å². The summed E-state index contributed by atoms with van der Waals surface area (Å²) < 4.78 is 0.938. The number of nitrogens with zero attached hydrogens (tertiary/aromatic N) is 2. The number of hydrogen-bond acceptors (Lipinski definition) is 2. The number of aromatic nitrogens is 3. The van der Waals surface area contributed by atoms with Crippen LogP contribution in [0.5, 0.6) is 0 Å². The van der Waals surface area contributed by atoms with Gasteiger partial charge in [-0.15, -0.1) is 0 Å². The lowest BCUT2D eigenvalue weighted by molar-refractivity contribution is 1.34. The molecule has 3 rings (SSSR count). The number of fused-ring (bicyclic) bond motifs is 3. The first-order chi connectivity index (χ1) is 7.24. The van der Waals surface area contributed by atoms with E-state index in [0.29, 0.717) is 5.15 Å². The summed E-state index contributed by atoms with van der Waals surface area (Å²) in [5.41, 5.74) is 2.63. The van der Waals surface area contributed by atoms with Crippen LogP contribution in [0.4, 0.5) is 0 Å². The SMILES string of the molecule is Clc1ccc2c(n1)[nH]c1cc(Br)cnc12. The van der Waals surface area contributed by atoms with E-state index in [-0.39, 0.29) is 0 Å². The zero-order valence-corrected chi connectivity index (χ0v) is 9.80. The molecular formula is C10H5BrClN3. The monoisotopic (exact) mass is 281 g/mol. The number of nitrogens with one attached hydrogen (secondary N) is 1. The molecule has 15 heavy (non-hydrogen) atoms. The molecule has 0 aliphatic rings. The first kappa shape index (κ1) is 9.12. The van der Waals surface area contributed by atoms with E-state index in [1.54, 1.807) is 12.3 Å². The molecule has 74 valence electrons. The van der Waals surface area contributed by atoms with Gasteiger partial charge in [-0.3, -0.25) is 4.98 Å². The summed E-state index contributed by atoms with van der Waals surface area (Å²) in [5.74, 6) is 0. The van der Waals surface area contributed by atoms with E-state index in [1.165, 1.54) is 0 Å². The Morgan fingerprint density at radius 2 is 2.20 bits per heavy atom. The van der Waals surface area contributed by atoms with Gasteiger partial charge >= 0.3 is 0 Å². The Balaban J connectivity index is 2.51. The van der Waals surface area contributed by atoms with E-state index in [4.69, 9.17) is 11.6 Å².